The van der Waals surface area contributed by atoms with Gasteiger partial charge in [-0.1, -0.05) is 0 Å². The van der Waals surface area contributed by atoms with Gasteiger partial charge in [-0.15, -0.1) is 0 Å². The zero-order valence-electron chi connectivity index (χ0n) is 23.2. The fraction of sp³-hybridized carbons (Fsp3) is 0.667. The van der Waals surface area contributed by atoms with Crippen molar-refractivity contribution < 1.29 is 6.51 Å². The van der Waals surface area contributed by atoms with E-state index in [1.54, 1.807) is 68.1 Å². The summed E-state index contributed by atoms with van der Waals surface area (Å²) in [6, 6.07) is 24.6. The molecule has 0 bridgehead atoms. The van der Waals surface area contributed by atoms with Gasteiger partial charge in [0, 0.05) is 0 Å². The van der Waals surface area contributed by atoms with Crippen LogP contribution in [0.15, 0.2) is 60.7 Å². The van der Waals surface area contributed by atoms with Crippen LogP contribution in [0.2, 0.25) is 47.7 Å². The molecule has 0 N–H and O–H groups in total. The molecule has 5 atom stereocenters. The quantitative estimate of drug-likeness (QED) is 0.211. The van der Waals surface area contributed by atoms with Crippen LogP contribution in [0.3, 0.4) is 0 Å². The van der Waals surface area contributed by atoms with Crippen molar-refractivity contribution in [3.8, 4) is 0 Å². The van der Waals surface area contributed by atoms with Gasteiger partial charge < -0.3 is 0 Å². The van der Waals surface area contributed by atoms with Crippen LogP contribution in [0.1, 0.15) is 64.2 Å². The van der Waals surface area contributed by atoms with Gasteiger partial charge >= 0.3 is 229 Å². The van der Waals surface area contributed by atoms with E-state index in [1.165, 1.54) is 56.2 Å². The van der Waals surface area contributed by atoms with E-state index < -0.39 is 6.51 Å². The summed E-state index contributed by atoms with van der Waals surface area (Å²) in [7, 11) is -0.0704. The van der Waals surface area contributed by atoms with Gasteiger partial charge in [0.15, 0.2) is 0 Å². The minimum atomic E-state index is -3.28. The molecular weight excluding hydrogens is 550 g/mol. The molecule has 3 heteroatoms. The molecule has 206 valence electrons. The van der Waals surface area contributed by atoms with Crippen LogP contribution in [-0.2, 0) is 6.51 Å². The van der Waals surface area contributed by atoms with Gasteiger partial charge in [-0.3, -0.25) is 0 Å². The molecule has 12 aliphatic rings. The van der Waals surface area contributed by atoms with Crippen molar-refractivity contribution >= 4 is 26.5 Å². The third-order valence-electron chi connectivity index (χ3n) is 22.1. The van der Waals surface area contributed by atoms with Gasteiger partial charge in [0.05, 0.1) is 0 Å². The Morgan fingerprint density at radius 3 is 1.38 bits per heavy atom. The van der Waals surface area contributed by atoms with Crippen molar-refractivity contribution in [3.63, 3.8) is 0 Å². The first kappa shape index (κ1) is 20.7. The number of hydrogen-bond donors (Lipinski definition) is 0. The molecule has 39 heavy (non-hydrogen) atoms. The van der Waals surface area contributed by atoms with E-state index in [4.69, 9.17) is 0 Å². The topological polar surface area (TPSA) is 0 Å². The molecule has 0 aromatic heterocycles. The minimum absolute atomic E-state index is 0.173. The number of benzene rings is 2. The molecule has 5 unspecified atom stereocenters. The normalized spacial score (nSPS) is 65.3. The summed E-state index contributed by atoms with van der Waals surface area (Å²) in [4.78, 5) is 13.1. The van der Waals surface area contributed by atoms with E-state index in [0.29, 0.717) is 0 Å². The second-order valence-corrected chi connectivity index (χ2v) is 47.4. The second-order valence-electron chi connectivity index (χ2n) is 18.6. The summed E-state index contributed by atoms with van der Waals surface area (Å²) in [6.45, 7) is -3.28. The van der Waals surface area contributed by atoms with Crippen molar-refractivity contribution in [2.75, 3.05) is 6.16 Å². The van der Waals surface area contributed by atoms with E-state index in [2.05, 4.69) is 60.7 Å². The molecule has 10 aliphatic heterocycles. The van der Waals surface area contributed by atoms with Gasteiger partial charge in [0.1, 0.15) is 0 Å². The number of rotatable bonds is 8. The summed E-state index contributed by atoms with van der Waals surface area (Å²) in [6.07, 6.45) is 17.4. The van der Waals surface area contributed by atoms with E-state index in [9.17, 15) is 0 Å². The maximum absolute atomic E-state index is 3.28. The Balaban J connectivity index is 0.996. The van der Waals surface area contributed by atoms with Crippen molar-refractivity contribution in [1.82, 2.24) is 0 Å². The zero-order chi connectivity index (χ0) is 24.9. The molecule has 2 aromatic carbocycles. The third-order valence-corrected chi connectivity index (χ3v) is 72.0. The molecule has 10 saturated heterocycles. The van der Waals surface area contributed by atoms with Crippen molar-refractivity contribution in [2.24, 2.45) is 0 Å². The molecule has 0 amide bonds. The summed E-state index contributed by atoms with van der Waals surface area (Å²) in [5.41, 5.74) is 3.33. The Hall–Kier alpha value is -0.181. The molecule has 0 nitrogen and oxygen atoms in total. The Labute approximate surface area is 227 Å². The Morgan fingerprint density at radius 2 is 1.03 bits per heavy atom. The Bertz CT molecular complexity index is 1680. The van der Waals surface area contributed by atoms with Crippen LogP contribution >= 0.6 is 15.8 Å². The maximum atomic E-state index is 2.60. The fourth-order valence-electron chi connectivity index (χ4n) is 23.0. The Kier molecular flexibility index (Phi) is 1.89. The van der Waals surface area contributed by atoms with Gasteiger partial charge in [-0.2, -0.15) is 0 Å². The standard InChI is InChI=1S/C31H39P2.C5H5.Fe/c1-5-17-27(18-6-1)32(28-19-7-2-8-20-28)25-31(26-15-13-14-16-26)33(29-21-9-3-10-22-29)30-23-11-4-12-24-30;1-2-4-5-3-1;/h3-4,9-16,21-24,27-28,31H,1-2,5-8,17-20,25H2;1-5H;. The monoisotopic (exact) mass is 594 g/mol. The molecular formula is C36H44FeP2. The predicted molar refractivity (Wildman–Crippen MR) is 165 cm³/mol. The molecule has 14 rings (SSSR count). The van der Waals surface area contributed by atoms with Gasteiger partial charge in [0.2, 0.25) is 0 Å². The van der Waals surface area contributed by atoms with E-state index in [0.717, 1.165) is 21.3 Å². The first-order valence-electron chi connectivity index (χ1n) is 16.9. The summed E-state index contributed by atoms with van der Waals surface area (Å²) >= 11 is 0. The van der Waals surface area contributed by atoms with Crippen molar-refractivity contribution in [3.05, 3.63) is 60.7 Å². The molecule has 1 spiro atoms. The van der Waals surface area contributed by atoms with Crippen LogP contribution in [0.4, 0.5) is 0 Å². The summed E-state index contributed by atoms with van der Waals surface area (Å²) < 4.78 is 1.01. The number of hydrogen-bond acceptors (Lipinski definition) is 0. The van der Waals surface area contributed by atoms with E-state index in [-0.39, 0.29) is 15.8 Å². The van der Waals surface area contributed by atoms with Gasteiger partial charge in [-0.25, -0.2) is 0 Å². The average Bonchev–Trinajstić information content (AvgIpc) is 3.95. The van der Waals surface area contributed by atoms with Crippen LogP contribution < -0.4 is 10.6 Å². The molecule has 2 saturated carbocycles. The van der Waals surface area contributed by atoms with E-state index >= 15 is 0 Å². The summed E-state index contributed by atoms with van der Waals surface area (Å²) in [5.74, 6) is 0. The third kappa shape index (κ3) is 0.642. The van der Waals surface area contributed by atoms with Crippen LogP contribution in [-0.4, -0.2) is 23.1 Å². The van der Waals surface area contributed by atoms with Crippen LogP contribution in [0, 0.1) is 0 Å². The molecule has 2 aromatic rings. The van der Waals surface area contributed by atoms with Crippen molar-refractivity contribution in [1.29, 1.82) is 0 Å². The molecule has 0 radical (unpaired) electrons. The predicted octanol–water partition coefficient (Wildman–Crippen LogP) is 10.4. The molecule has 2 aliphatic carbocycles. The van der Waals surface area contributed by atoms with E-state index in [1.807, 2.05) is 0 Å². The summed E-state index contributed by atoms with van der Waals surface area (Å²) in [5, 5.41) is 3.53. The Morgan fingerprint density at radius 1 is 0.590 bits per heavy atom. The average molecular weight is 595 g/mol. The zero-order valence-corrected chi connectivity index (χ0v) is 26.1. The van der Waals surface area contributed by atoms with Crippen LogP contribution in [0.25, 0.3) is 0 Å². The SMILES string of the molecule is c1ccc(P(c2ccccc2)C(CP(C2CCCCC2)C2CCCCC2)[C]23[CH]4[CH]5[CH]6[CH]2[Fe]56432789[CH]3[CH]2[CH]7[CH]8[CH]39)cc1. The molecule has 10 heterocycles. The molecule has 12 fully saturated rings. The fourth-order valence-corrected chi connectivity index (χ4v) is 109. The van der Waals surface area contributed by atoms with Gasteiger partial charge in [0.25, 0.3) is 0 Å². The first-order chi connectivity index (χ1) is 19.1. The second kappa shape index (κ2) is 3.57. The number of fused-ring (bicyclic) bond motifs is 10. The van der Waals surface area contributed by atoms with Gasteiger partial charge in [-0.05, 0) is 0 Å². The van der Waals surface area contributed by atoms with Crippen LogP contribution in [0.5, 0.6) is 0 Å². The van der Waals surface area contributed by atoms with Crippen molar-refractivity contribution in [2.45, 2.75) is 129 Å². The first-order valence-corrected chi connectivity index (χ1v) is 26.3.